The summed E-state index contributed by atoms with van der Waals surface area (Å²) in [6.45, 7) is 9.80. The number of carbonyl (C=O) groups excluding carboxylic acids is 2. The van der Waals surface area contributed by atoms with Gasteiger partial charge in [0.05, 0.1) is 22.6 Å². The second-order valence-corrected chi connectivity index (χ2v) is 10.4. The van der Waals surface area contributed by atoms with Gasteiger partial charge in [0.1, 0.15) is 11.5 Å². The number of ketones is 1. The van der Waals surface area contributed by atoms with E-state index in [1.807, 2.05) is 13.8 Å². The number of pyridine rings is 1. The Kier molecular flexibility index (Phi) is 7.39. The van der Waals surface area contributed by atoms with E-state index in [-0.39, 0.29) is 34.8 Å². The van der Waals surface area contributed by atoms with Gasteiger partial charge in [0.25, 0.3) is 0 Å². The fraction of sp³-hybridized carbons (Fsp3) is 0.300. The maximum absolute atomic E-state index is 15.8. The largest absolute Gasteiger partial charge is 0.354 e. The van der Waals surface area contributed by atoms with Gasteiger partial charge in [-0.05, 0) is 61.6 Å². The first-order valence-electron chi connectivity index (χ1n) is 13.3. The number of hydrogen-bond donors (Lipinski definition) is 1. The molecule has 0 aromatic carbocycles. The maximum Gasteiger partial charge on any atom is 0.354 e. The molecule has 4 heterocycles. The molecule has 2 aromatic rings. The average molecular weight is 562 g/mol. The highest BCUT2D eigenvalue weighted by atomic mass is 19.1. The van der Waals surface area contributed by atoms with E-state index in [2.05, 4.69) is 16.5 Å². The van der Waals surface area contributed by atoms with Crippen molar-refractivity contribution in [2.75, 3.05) is 18.2 Å². The number of allylic oxidation sites excluding steroid dienone is 6. The number of aryl methyl sites for hydroxylation is 1. The summed E-state index contributed by atoms with van der Waals surface area (Å²) in [5, 5.41) is 12.0. The van der Waals surface area contributed by atoms with Gasteiger partial charge in [0.15, 0.2) is 17.4 Å². The summed E-state index contributed by atoms with van der Waals surface area (Å²) >= 11 is 0. The van der Waals surface area contributed by atoms with Crippen LogP contribution in [0.3, 0.4) is 0 Å². The summed E-state index contributed by atoms with van der Waals surface area (Å²) < 4.78 is 31.9. The summed E-state index contributed by atoms with van der Waals surface area (Å²) in [5.41, 5.74) is -0.280. The predicted molar refractivity (Wildman–Crippen MR) is 149 cm³/mol. The molecule has 1 fully saturated rings. The minimum Gasteiger partial charge on any atom is -0.339 e. The van der Waals surface area contributed by atoms with E-state index in [1.165, 1.54) is 12.2 Å². The number of hydrogen-bond acceptors (Lipinski definition) is 7. The minimum absolute atomic E-state index is 0.114. The second-order valence-electron chi connectivity index (χ2n) is 10.4. The fourth-order valence-electron chi connectivity index (χ4n) is 5.55. The lowest BCUT2D eigenvalue weighted by Gasteiger charge is -2.35. The molecule has 3 aliphatic rings. The van der Waals surface area contributed by atoms with Crippen LogP contribution < -0.4 is 10.8 Å². The molecule has 41 heavy (non-hydrogen) atoms. The molecule has 11 heteroatoms. The fourth-order valence-corrected chi connectivity index (χ4v) is 5.55. The van der Waals surface area contributed by atoms with Crippen molar-refractivity contribution < 1.29 is 23.6 Å². The number of anilines is 1. The molecular weight excluding hydrogens is 532 g/mol. The van der Waals surface area contributed by atoms with Crippen molar-refractivity contribution in [1.29, 1.82) is 0 Å². The van der Waals surface area contributed by atoms with Gasteiger partial charge in [0, 0.05) is 30.8 Å². The third kappa shape index (κ3) is 4.76. The van der Waals surface area contributed by atoms with Crippen LogP contribution in [0.4, 0.5) is 14.6 Å². The van der Waals surface area contributed by atoms with Gasteiger partial charge in [-0.2, -0.15) is 4.98 Å². The molecule has 1 saturated heterocycles. The Balaban J connectivity index is 1.79. The van der Waals surface area contributed by atoms with Gasteiger partial charge in [-0.25, -0.2) is 23.2 Å². The first kappa shape index (κ1) is 28.0. The zero-order valence-electron chi connectivity index (χ0n) is 22.9. The van der Waals surface area contributed by atoms with Crippen LogP contribution in [0, 0.1) is 6.92 Å². The number of hydroxylamine groups is 1. The first-order chi connectivity index (χ1) is 19.5. The second kappa shape index (κ2) is 10.8. The van der Waals surface area contributed by atoms with Crippen molar-refractivity contribution in [3.8, 4) is 5.69 Å². The van der Waals surface area contributed by atoms with Gasteiger partial charge in [-0.15, -0.1) is 0 Å². The zero-order valence-corrected chi connectivity index (χ0v) is 22.9. The third-order valence-corrected chi connectivity index (χ3v) is 7.55. The van der Waals surface area contributed by atoms with Crippen molar-refractivity contribution >= 4 is 23.6 Å². The van der Waals surface area contributed by atoms with E-state index in [9.17, 15) is 24.0 Å². The number of piperidine rings is 1. The van der Waals surface area contributed by atoms with E-state index >= 15 is 4.39 Å². The number of likely N-dealkylation sites (tertiary alicyclic amines) is 1. The molecule has 2 aromatic heterocycles. The standard InChI is InChI=1S/C30H29F2N5O4/c1-5-23(39)35-13-10-18(11-14-35)26-19-15-21(32)28(24-20(31)7-6-8-22(24)38)37(41)29(19)36(30(40)34-26)27-17(4)9-12-33-25(27)16(2)3/h5-9,12,15-16,18,41H,1,10-11,13-14H2,2-4H3/b28-24-. The van der Waals surface area contributed by atoms with E-state index in [0.29, 0.717) is 47.9 Å². The third-order valence-electron chi connectivity index (χ3n) is 7.55. The number of rotatable bonds is 4. The first-order valence-corrected chi connectivity index (χ1v) is 13.3. The molecule has 1 amide bonds. The Hall–Kier alpha value is -4.51. The van der Waals surface area contributed by atoms with Gasteiger partial charge in [0.2, 0.25) is 5.91 Å². The number of aromatic nitrogens is 3. The molecule has 0 unspecified atom stereocenters. The molecule has 0 spiro atoms. The normalized spacial score (nSPS) is 19.3. The summed E-state index contributed by atoms with van der Waals surface area (Å²) in [7, 11) is 0. The molecule has 0 radical (unpaired) electrons. The SMILES string of the molecule is C=CC(=O)N1CCC(c2nc(=O)n(-c3c(C)ccnc3C(C)C)c3c2C=C(F)/C(=C2/C(=O)C=CC=C2F)N3O)CC1. The summed E-state index contributed by atoms with van der Waals surface area (Å²) in [6.07, 6.45) is 8.02. The van der Waals surface area contributed by atoms with E-state index in [1.54, 1.807) is 24.1 Å². The maximum atomic E-state index is 15.8. The van der Waals surface area contributed by atoms with Crippen LogP contribution in [0.25, 0.3) is 11.8 Å². The number of amides is 1. The van der Waals surface area contributed by atoms with Crippen LogP contribution in [0.1, 0.15) is 61.0 Å². The average Bonchev–Trinajstić information content (AvgIpc) is 2.94. The quantitative estimate of drug-likeness (QED) is 0.539. The van der Waals surface area contributed by atoms with Gasteiger partial charge < -0.3 is 4.90 Å². The molecule has 0 bridgehead atoms. The molecule has 0 atom stereocenters. The Morgan fingerprint density at radius 2 is 1.90 bits per heavy atom. The molecule has 5 rings (SSSR count). The van der Waals surface area contributed by atoms with Crippen molar-refractivity contribution in [2.45, 2.75) is 45.4 Å². The Morgan fingerprint density at radius 1 is 1.20 bits per heavy atom. The predicted octanol–water partition coefficient (Wildman–Crippen LogP) is 4.72. The summed E-state index contributed by atoms with van der Waals surface area (Å²) in [6, 6.07) is 1.69. The minimum atomic E-state index is -1.07. The van der Waals surface area contributed by atoms with Crippen molar-refractivity contribution in [3.63, 3.8) is 0 Å². The number of carbonyl (C=O) groups is 2. The van der Waals surface area contributed by atoms with Crippen LogP contribution in [0.5, 0.6) is 0 Å². The van der Waals surface area contributed by atoms with Crippen LogP contribution in [0.15, 0.2) is 70.9 Å². The number of fused-ring (bicyclic) bond motifs is 1. The lowest BCUT2D eigenvalue weighted by Crippen LogP contribution is -2.39. The zero-order chi connectivity index (χ0) is 29.6. The van der Waals surface area contributed by atoms with Crippen LogP contribution >= 0.6 is 0 Å². The van der Waals surface area contributed by atoms with Crippen molar-refractivity contribution in [1.82, 2.24) is 19.4 Å². The Bertz CT molecular complexity index is 1660. The number of halogens is 2. The van der Waals surface area contributed by atoms with E-state index in [4.69, 9.17) is 0 Å². The van der Waals surface area contributed by atoms with Gasteiger partial charge in [-0.1, -0.05) is 26.5 Å². The topological polar surface area (TPSA) is 109 Å². The van der Waals surface area contributed by atoms with Crippen LogP contribution in [-0.2, 0) is 9.59 Å². The van der Waals surface area contributed by atoms with E-state index in [0.717, 1.165) is 22.8 Å². The van der Waals surface area contributed by atoms with Crippen LogP contribution in [0.2, 0.25) is 0 Å². The van der Waals surface area contributed by atoms with Crippen molar-refractivity contribution in [3.05, 3.63) is 99.1 Å². The highest BCUT2D eigenvalue weighted by molar-refractivity contribution is 6.10. The molecular formula is C30H29F2N5O4. The highest BCUT2D eigenvalue weighted by Crippen LogP contribution is 2.43. The molecule has 212 valence electrons. The highest BCUT2D eigenvalue weighted by Gasteiger charge is 2.38. The van der Waals surface area contributed by atoms with Crippen LogP contribution in [-0.4, -0.2) is 49.4 Å². The lowest BCUT2D eigenvalue weighted by molar-refractivity contribution is -0.127. The summed E-state index contributed by atoms with van der Waals surface area (Å²) in [5.74, 6) is -3.82. The Morgan fingerprint density at radius 3 is 2.54 bits per heavy atom. The smallest absolute Gasteiger partial charge is 0.339 e. The van der Waals surface area contributed by atoms with Gasteiger partial charge >= 0.3 is 5.69 Å². The molecule has 1 N–H and O–H groups in total. The molecule has 1 aliphatic carbocycles. The monoisotopic (exact) mass is 561 g/mol. The van der Waals surface area contributed by atoms with Crippen molar-refractivity contribution in [2.24, 2.45) is 0 Å². The van der Waals surface area contributed by atoms with E-state index < -0.39 is 34.4 Å². The van der Waals surface area contributed by atoms with Gasteiger partial charge in [-0.3, -0.25) is 19.8 Å². The molecule has 2 aliphatic heterocycles. The number of nitrogens with zero attached hydrogens (tertiary/aromatic N) is 5. The Labute approximate surface area is 235 Å². The molecule has 9 nitrogen and oxygen atoms in total. The summed E-state index contributed by atoms with van der Waals surface area (Å²) in [4.78, 5) is 49.1. The molecule has 0 saturated carbocycles. The lowest BCUT2D eigenvalue weighted by atomic mass is 9.89.